The van der Waals surface area contributed by atoms with Crippen LogP contribution >= 0.6 is 15.9 Å². The van der Waals surface area contributed by atoms with Gasteiger partial charge in [-0.25, -0.2) is 4.79 Å². The summed E-state index contributed by atoms with van der Waals surface area (Å²) in [6, 6.07) is 4.73. The minimum absolute atomic E-state index is 0.0205. The second-order valence-electron chi connectivity index (χ2n) is 3.29. The van der Waals surface area contributed by atoms with Crippen LogP contribution in [0.2, 0.25) is 0 Å². The van der Waals surface area contributed by atoms with Crippen molar-refractivity contribution in [1.29, 1.82) is 0 Å². The molecule has 82 valence electrons. The predicted molar refractivity (Wildman–Crippen MR) is 62.6 cm³/mol. The maximum absolute atomic E-state index is 11.7. The van der Waals surface area contributed by atoms with E-state index in [1.165, 1.54) is 6.07 Å². The van der Waals surface area contributed by atoms with Crippen molar-refractivity contribution >= 4 is 32.7 Å². The summed E-state index contributed by atoms with van der Waals surface area (Å²) in [5.41, 5.74) is 0.140. The van der Waals surface area contributed by atoms with Gasteiger partial charge in [0.25, 0.3) is 0 Å². The van der Waals surface area contributed by atoms with Crippen LogP contribution in [-0.4, -0.2) is 20.5 Å². The van der Waals surface area contributed by atoms with Crippen molar-refractivity contribution in [1.82, 2.24) is 0 Å². The average molecular weight is 291 g/mol. The van der Waals surface area contributed by atoms with Crippen LogP contribution in [-0.2, 0) is 10.8 Å². The second kappa shape index (κ2) is 4.90. The summed E-state index contributed by atoms with van der Waals surface area (Å²) in [7, 11) is -1.15. The molecule has 0 saturated heterocycles. The molecule has 0 fully saturated rings. The van der Waals surface area contributed by atoms with E-state index in [9.17, 15) is 9.00 Å². The van der Waals surface area contributed by atoms with Gasteiger partial charge < -0.3 is 5.11 Å². The van der Waals surface area contributed by atoms with E-state index < -0.39 is 16.8 Å². The summed E-state index contributed by atoms with van der Waals surface area (Å²) in [6.45, 7) is 3.66. The fourth-order valence-corrected chi connectivity index (χ4v) is 2.46. The largest absolute Gasteiger partial charge is 0.478 e. The molecule has 0 aromatic heterocycles. The van der Waals surface area contributed by atoms with Crippen molar-refractivity contribution in [3.8, 4) is 0 Å². The molecule has 0 aliphatic rings. The molecule has 15 heavy (non-hydrogen) atoms. The van der Waals surface area contributed by atoms with Gasteiger partial charge in [0.15, 0.2) is 0 Å². The maximum atomic E-state index is 11.7. The van der Waals surface area contributed by atoms with Crippen molar-refractivity contribution in [2.45, 2.75) is 24.0 Å². The Morgan fingerprint density at radius 1 is 1.47 bits per heavy atom. The van der Waals surface area contributed by atoms with Crippen molar-refractivity contribution in [3.63, 3.8) is 0 Å². The summed E-state index contributed by atoms with van der Waals surface area (Å²) in [5, 5.41) is 8.86. The molecule has 1 unspecified atom stereocenters. The SMILES string of the molecule is CC(C)S(=O)c1ccc(Br)c(C(=O)O)c1. The third kappa shape index (κ3) is 2.89. The number of hydrogen-bond acceptors (Lipinski definition) is 2. The average Bonchev–Trinajstić information content (AvgIpc) is 2.16. The van der Waals surface area contributed by atoms with Gasteiger partial charge in [-0.1, -0.05) is 13.8 Å². The molecule has 0 amide bonds. The van der Waals surface area contributed by atoms with Crippen molar-refractivity contribution < 1.29 is 14.1 Å². The zero-order valence-corrected chi connectivity index (χ0v) is 10.8. The number of carbonyl (C=O) groups is 1. The van der Waals surface area contributed by atoms with Crippen LogP contribution in [0.4, 0.5) is 0 Å². The summed E-state index contributed by atoms with van der Waals surface area (Å²) >= 11 is 3.14. The maximum Gasteiger partial charge on any atom is 0.336 e. The Kier molecular flexibility index (Phi) is 4.04. The van der Waals surface area contributed by atoms with Crippen LogP contribution in [0.3, 0.4) is 0 Å². The summed E-state index contributed by atoms with van der Waals surface area (Å²) in [4.78, 5) is 11.4. The van der Waals surface area contributed by atoms with Crippen molar-refractivity contribution in [2.75, 3.05) is 0 Å². The van der Waals surface area contributed by atoms with Gasteiger partial charge in [-0.15, -0.1) is 0 Å². The zero-order chi connectivity index (χ0) is 11.6. The zero-order valence-electron chi connectivity index (χ0n) is 8.36. The van der Waals surface area contributed by atoms with Crippen LogP contribution in [0.25, 0.3) is 0 Å². The first-order chi connectivity index (χ1) is 6.93. The molecule has 1 aromatic carbocycles. The molecule has 1 N–H and O–H groups in total. The van der Waals surface area contributed by atoms with Crippen LogP contribution in [0.5, 0.6) is 0 Å². The van der Waals surface area contributed by atoms with Gasteiger partial charge >= 0.3 is 5.97 Å². The van der Waals surface area contributed by atoms with E-state index >= 15 is 0 Å². The Labute approximate surface area is 99.1 Å². The van der Waals surface area contributed by atoms with Crippen LogP contribution in [0.1, 0.15) is 24.2 Å². The first-order valence-electron chi connectivity index (χ1n) is 4.37. The van der Waals surface area contributed by atoms with Crippen molar-refractivity contribution in [2.24, 2.45) is 0 Å². The number of carboxylic acids is 1. The molecule has 5 heteroatoms. The Hall–Kier alpha value is -0.680. The number of carboxylic acid groups (broad SMARTS) is 1. The van der Waals surface area contributed by atoms with Crippen LogP contribution < -0.4 is 0 Å². The number of halogens is 1. The third-order valence-corrected chi connectivity index (χ3v) is 4.10. The molecule has 0 bridgehead atoms. The standard InChI is InChI=1S/C10H11BrO3S/c1-6(2)15(14)7-3-4-9(11)8(5-7)10(12)13/h3-6H,1-2H3,(H,12,13). The third-order valence-electron chi connectivity index (χ3n) is 1.83. The highest BCUT2D eigenvalue weighted by atomic mass is 79.9. The highest BCUT2D eigenvalue weighted by Crippen LogP contribution is 2.21. The quantitative estimate of drug-likeness (QED) is 0.931. The predicted octanol–water partition coefficient (Wildman–Crippen LogP) is 2.66. The molecule has 0 spiro atoms. The van der Waals surface area contributed by atoms with E-state index in [4.69, 9.17) is 5.11 Å². The Bertz CT molecular complexity index is 415. The van der Waals surface area contributed by atoms with Crippen LogP contribution in [0.15, 0.2) is 27.6 Å². The fourth-order valence-electron chi connectivity index (χ4n) is 1.07. The minimum atomic E-state index is -1.15. The highest BCUT2D eigenvalue weighted by molar-refractivity contribution is 9.10. The molecule has 0 aliphatic heterocycles. The molecular formula is C10H11BrO3S. The van der Waals surface area contributed by atoms with E-state index in [1.807, 2.05) is 13.8 Å². The summed E-state index contributed by atoms with van der Waals surface area (Å²) in [6.07, 6.45) is 0. The number of aromatic carboxylic acids is 1. The number of hydrogen-bond donors (Lipinski definition) is 1. The lowest BCUT2D eigenvalue weighted by molar-refractivity contribution is 0.0695. The molecule has 1 aromatic rings. The molecule has 0 heterocycles. The van der Waals surface area contributed by atoms with Gasteiger partial charge in [-0.05, 0) is 34.1 Å². The lowest BCUT2D eigenvalue weighted by Gasteiger charge is -2.07. The highest BCUT2D eigenvalue weighted by Gasteiger charge is 2.13. The molecule has 0 aliphatic carbocycles. The first-order valence-corrected chi connectivity index (χ1v) is 6.37. The number of benzene rings is 1. The second-order valence-corrected chi connectivity index (χ2v) is 6.16. The van der Waals surface area contributed by atoms with Gasteiger partial charge in [-0.3, -0.25) is 4.21 Å². The van der Waals surface area contributed by atoms with Gasteiger partial charge in [0.1, 0.15) is 0 Å². The lowest BCUT2D eigenvalue weighted by Crippen LogP contribution is -2.07. The fraction of sp³-hybridized carbons (Fsp3) is 0.300. The van der Waals surface area contributed by atoms with E-state index in [1.54, 1.807) is 12.1 Å². The van der Waals surface area contributed by atoms with E-state index in [0.717, 1.165) is 0 Å². The molecule has 0 radical (unpaired) electrons. The van der Waals surface area contributed by atoms with E-state index in [0.29, 0.717) is 9.37 Å². The number of rotatable bonds is 3. The van der Waals surface area contributed by atoms with Gasteiger partial charge in [0.05, 0.1) is 16.4 Å². The normalized spacial score (nSPS) is 12.8. The smallest absolute Gasteiger partial charge is 0.336 e. The Morgan fingerprint density at radius 3 is 2.53 bits per heavy atom. The molecule has 3 nitrogen and oxygen atoms in total. The van der Waals surface area contributed by atoms with Crippen molar-refractivity contribution in [3.05, 3.63) is 28.2 Å². The lowest BCUT2D eigenvalue weighted by atomic mass is 10.2. The molecular weight excluding hydrogens is 280 g/mol. The molecule has 1 rings (SSSR count). The summed E-state index contributed by atoms with van der Waals surface area (Å²) < 4.78 is 12.2. The van der Waals surface area contributed by atoms with Crippen LogP contribution in [0, 0.1) is 0 Å². The van der Waals surface area contributed by atoms with Gasteiger partial charge in [-0.2, -0.15) is 0 Å². The van der Waals surface area contributed by atoms with E-state index in [-0.39, 0.29) is 10.8 Å². The molecule has 0 saturated carbocycles. The Morgan fingerprint density at radius 2 is 2.07 bits per heavy atom. The first kappa shape index (κ1) is 12.4. The molecule has 1 atom stereocenters. The topological polar surface area (TPSA) is 54.4 Å². The minimum Gasteiger partial charge on any atom is -0.478 e. The monoisotopic (exact) mass is 290 g/mol. The van der Waals surface area contributed by atoms with E-state index in [2.05, 4.69) is 15.9 Å². The Balaban J connectivity index is 3.19. The summed E-state index contributed by atoms with van der Waals surface area (Å²) in [5.74, 6) is -1.02. The van der Waals surface area contributed by atoms with Gasteiger partial charge in [0, 0.05) is 14.6 Å². The van der Waals surface area contributed by atoms with Gasteiger partial charge in [0.2, 0.25) is 0 Å².